The third-order valence-electron chi connectivity index (χ3n) is 11.7. The number of carbonyl (C=O) groups is 3. The maximum Gasteiger partial charge on any atom is 0.351 e. The summed E-state index contributed by atoms with van der Waals surface area (Å²) in [4.78, 5) is 59.3. The van der Waals surface area contributed by atoms with Crippen molar-refractivity contribution < 1.29 is 41.6 Å². The van der Waals surface area contributed by atoms with E-state index in [1.807, 2.05) is 13.8 Å². The first-order chi connectivity index (χ1) is 24.9. The smallest absolute Gasteiger partial charge is 0.351 e. The van der Waals surface area contributed by atoms with Gasteiger partial charge in [0.05, 0.1) is 6.61 Å². The Hall–Kier alpha value is -2.90. The topological polar surface area (TPSA) is 154 Å². The first-order valence-corrected chi connectivity index (χ1v) is 22.9. The third kappa shape index (κ3) is 6.44. The van der Waals surface area contributed by atoms with Crippen LogP contribution in [0.3, 0.4) is 0 Å². The minimum atomic E-state index is -3.26. The maximum absolute atomic E-state index is 14.2. The molecule has 0 bridgehead atoms. The molecule has 1 N–H and O–H groups in total. The van der Waals surface area contributed by atoms with Gasteiger partial charge in [0.25, 0.3) is 11.7 Å². The second-order valence-corrected chi connectivity index (χ2v) is 25.4. The summed E-state index contributed by atoms with van der Waals surface area (Å²) in [6.07, 6.45) is -2.66. The number of nitrogens with one attached hydrogen (secondary N) is 1. The summed E-state index contributed by atoms with van der Waals surface area (Å²) >= 11 is 0. The number of carbonyl (C=O) groups excluding carboxylic acids is 3. The van der Waals surface area contributed by atoms with E-state index in [4.69, 9.17) is 27.2 Å². The van der Waals surface area contributed by atoms with Gasteiger partial charge < -0.3 is 32.5 Å². The molecule has 13 nitrogen and oxygen atoms in total. The lowest BCUT2D eigenvalue weighted by atomic mass is 9.94. The number of Topliss-reactive ketones (excluding diaryl/α,β-unsaturated/α-hetero) is 2. The number of nitrogens with zero attached hydrogens (tertiary/aromatic N) is 2. The molecular weight excluding hydrogens is 715 g/mol. The van der Waals surface area contributed by atoms with Crippen molar-refractivity contribution in [3.63, 3.8) is 0 Å². The number of amides is 1. The van der Waals surface area contributed by atoms with Crippen LogP contribution in [0.1, 0.15) is 92.7 Å². The van der Waals surface area contributed by atoms with E-state index in [0.29, 0.717) is 5.56 Å². The van der Waals surface area contributed by atoms with Gasteiger partial charge in [-0.15, -0.1) is 0 Å². The van der Waals surface area contributed by atoms with Crippen molar-refractivity contribution in [1.29, 1.82) is 0 Å². The number of anilines is 1. The molecule has 290 valence electrons. The Labute approximate surface area is 313 Å². The van der Waals surface area contributed by atoms with Crippen molar-refractivity contribution in [3.05, 3.63) is 58.6 Å². The molecule has 0 radical (unpaired) electrons. The molecule has 1 aromatic carbocycles. The Bertz CT molecular complexity index is 1740. The molecule has 4 fully saturated rings. The molecule has 3 heterocycles. The SMILES string of the molecule is CCOC1(O[C@@H]2[C@@H]3O[Si](C(C)C)(C(C)C)O[Si](C(C)C)(C(C)C)OC[C@H]3O[C@H]2n2ccc(NC(=O)c3ccccc3)nc2=O)C(=O)C2C(C1=O)C2(C)C. The van der Waals surface area contributed by atoms with E-state index in [-0.39, 0.29) is 41.2 Å². The van der Waals surface area contributed by atoms with Crippen LogP contribution < -0.4 is 11.0 Å². The molecule has 2 aliphatic carbocycles. The summed E-state index contributed by atoms with van der Waals surface area (Å²) < 4.78 is 42.5. The molecule has 2 saturated carbocycles. The highest BCUT2D eigenvalue weighted by Crippen LogP contribution is 2.66. The predicted molar refractivity (Wildman–Crippen MR) is 201 cm³/mol. The van der Waals surface area contributed by atoms with Gasteiger partial charge in [-0.2, -0.15) is 4.98 Å². The second-order valence-electron chi connectivity index (χ2n) is 16.6. The van der Waals surface area contributed by atoms with E-state index in [9.17, 15) is 19.2 Å². The average molecular weight is 770 g/mol. The van der Waals surface area contributed by atoms with Gasteiger partial charge >= 0.3 is 22.8 Å². The highest BCUT2D eigenvalue weighted by atomic mass is 28.5. The number of hydrogen-bond donors (Lipinski definition) is 1. The number of hydrogen-bond acceptors (Lipinski definition) is 11. The number of ketones is 2. The molecule has 6 atom stereocenters. The number of rotatable bonds is 11. The van der Waals surface area contributed by atoms with Gasteiger partial charge in [0.2, 0.25) is 11.6 Å². The van der Waals surface area contributed by atoms with Gasteiger partial charge in [-0.05, 0) is 52.7 Å². The number of aromatic nitrogens is 2. The fourth-order valence-electron chi connectivity index (χ4n) is 8.76. The maximum atomic E-state index is 14.2. The van der Waals surface area contributed by atoms with E-state index < -0.39 is 87.9 Å². The van der Waals surface area contributed by atoms with Crippen molar-refractivity contribution >= 4 is 40.4 Å². The Morgan fingerprint density at radius 3 is 2.04 bits per heavy atom. The second kappa shape index (κ2) is 14.3. The normalized spacial score (nSPS) is 31.5. The van der Waals surface area contributed by atoms with Crippen molar-refractivity contribution in [1.82, 2.24) is 9.55 Å². The Kier molecular flexibility index (Phi) is 10.7. The molecule has 2 saturated heterocycles. The Balaban J connectivity index is 1.45. The zero-order valence-electron chi connectivity index (χ0n) is 32.7. The van der Waals surface area contributed by atoms with E-state index in [1.165, 1.54) is 16.8 Å². The lowest BCUT2D eigenvalue weighted by Crippen LogP contribution is -2.66. The Morgan fingerprint density at radius 2 is 1.51 bits per heavy atom. The Morgan fingerprint density at radius 1 is 0.925 bits per heavy atom. The molecule has 0 spiro atoms. The molecule has 4 aliphatic rings. The highest BCUT2D eigenvalue weighted by molar-refractivity contribution is 6.84. The minimum absolute atomic E-state index is 0.0294. The van der Waals surface area contributed by atoms with Crippen molar-refractivity contribution in [2.45, 2.75) is 129 Å². The molecule has 2 aliphatic heterocycles. The van der Waals surface area contributed by atoms with Gasteiger partial charge in [0, 0.05) is 30.2 Å². The summed E-state index contributed by atoms with van der Waals surface area (Å²) in [7, 11) is -6.23. The molecule has 2 unspecified atom stereocenters. The van der Waals surface area contributed by atoms with Gasteiger partial charge in [0.1, 0.15) is 24.1 Å². The van der Waals surface area contributed by atoms with Crippen LogP contribution in [-0.4, -0.2) is 81.5 Å². The van der Waals surface area contributed by atoms with Crippen LogP contribution in [0.2, 0.25) is 22.2 Å². The molecular formula is C38H55N3O10Si2. The lowest BCUT2D eigenvalue weighted by molar-refractivity contribution is -0.250. The van der Waals surface area contributed by atoms with Crippen LogP contribution >= 0.6 is 0 Å². The van der Waals surface area contributed by atoms with Gasteiger partial charge in [-0.1, -0.05) is 87.4 Å². The molecule has 6 rings (SSSR count). The molecule has 15 heteroatoms. The molecule has 2 aromatic rings. The van der Waals surface area contributed by atoms with E-state index in [2.05, 4.69) is 65.7 Å². The summed E-state index contributed by atoms with van der Waals surface area (Å²) in [6, 6.07) is 10.1. The van der Waals surface area contributed by atoms with Crippen LogP contribution in [0.5, 0.6) is 0 Å². The number of benzene rings is 1. The van der Waals surface area contributed by atoms with Gasteiger partial charge in [0.15, 0.2) is 6.23 Å². The van der Waals surface area contributed by atoms with E-state index in [1.54, 1.807) is 37.3 Å². The fraction of sp³-hybridized carbons (Fsp3) is 0.658. The van der Waals surface area contributed by atoms with Gasteiger partial charge in [-0.25, -0.2) is 4.79 Å². The zero-order chi connectivity index (χ0) is 38.8. The molecule has 53 heavy (non-hydrogen) atoms. The summed E-state index contributed by atoms with van der Waals surface area (Å²) in [6.45, 7) is 22.4. The minimum Gasteiger partial charge on any atom is -0.414 e. The molecule has 1 aromatic heterocycles. The summed E-state index contributed by atoms with van der Waals surface area (Å²) in [5.41, 5.74) is -0.794. The third-order valence-corrected chi connectivity index (χ3v) is 21.9. The largest absolute Gasteiger partial charge is 0.414 e. The summed E-state index contributed by atoms with van der Waals surface area (Å²) in [5, 5.41) is 2.67. The van der Waals surface area contributed by atoms with Crippen LogP contribution in [0.15, 0.2) is 47.4 Å². The molecule has 1 amide bonds. The number of fused-ring (bicyclic) bond motifs is 2. The van der Waals surface area contributed by atoms with Crippen molar-refractivity contribution in [2.24, 2.45) is 17.3 Å². The standard InChI is InChI=1S/C38H55N3O10Si2/c1-12-46-38(32(42)28-29(33(38)43)37(28,10)11)49-31-30-26(20-47-52(21(2)3,22(4)5)51-53(50-30,23(6)7)24(8)9)48-35(31)41-19-18-27(40-36(41)45)39-34(44)25-16-14-13-15-17-25/h13-19,21-24,26,28-31,35H,12,20H2,1-11H3,(H,39,40,44,45)/t26-,28?,29?,30-,31-,35-,38?/m1/s1. The quantitative estimate of drug-likeness (QED) is 0.165. The lowest BCUT2D eigenvalue weighted by Gasteiger charge is -2.51. The zero-order valence-corrected chi connectivity index (χ0v) is 34.7. The van der Waals surface area contributed by atoms with E-state index in [0.717, 1.165) is 0 Å². The average Bonchev–Trinajstić information content (AvgIpc) is 3.40. The van der Waals surface area contributed by atoms with E-state index >= 15 is 0 Å². The monoisotopic (exact) mass is 769 g/mol. The summed E-state index contributed by atoms with van der Waals surface area (Å²) in [5.74, 6) is -4.57. The van der Waals surface area contributed by atoms with Crippen molar-refractivity contribution in [2.75, 3.05) is 18.5 Å². The highest BCUT2D eigenvalue weighted by Gasteiger charge is 2.80. The van der Waals surface area contributed by atoms with Crippen LogP contribution in [-0.2, 0) is 36.8 Å². The van der Waals surface area contributed by atoms with Gasteiger partial charge in [-0.3, -0.25) is 19.0 Å². The first kappa shape index (κ1) is 39.8. The first-order valence-electron chi connectivity index (χ1n) is 18.9. The van der Waals surface area contributed by atoms with Crippen LogP contribution in [0.4, 0.5) is 5.82 Å². The van der Waals surface area contributed by atoms with Crippen molar-refractivity contribution in [3.8, 4) is 0 Å². The number of ether oxygens (including phenoxy) is 3. The van der Waals surface area contributed by atoms with Crippen LogP contribution in [0, 0.1) is 17.3 Å². The van der Waals surface area contributed by atoms with Crippen LogP contribution in [0.25, 0.3) is 0 Å². The fourth-order valence-corrected chi connectivity index (χ4v) is 20.0. The predicted octanol–water partition coefficient (Wildman–Crippen LogP) is 5.89.